The Morgan fingerprint density at radius 1 is 1.17 bits per heavy atom. The van der Waals surface area contributed by atoms with Crippen LogP contribution in [0.5, 0.6) is 0 Å². The van der Waals surface area contributed by atoms with Crippen LogP contribution in [0.2, 0.25) is 0 Å². The lowest BCUT2D eigenvalue weighted by Crippen LogP contribution is -2.47. The number of hydrogen-bond acceptors (Lipinski definition) is 7. The average molecular weight is 316 g/mol. The highest BCUT2D eigenvalue weighted by molar-refractivity contribution is 5.92. The second kappa shape index (κ2) is 6.33. The van der Waals surface area contributed by atoms with Crippen molar-refractivity contribution in [3.8, 4) is 0 Å². The fourth-order valence-electron chi connectivity index (χ4n) is 2.45. The molecule has 3 rings (SSSR count). The smallest absolute Gasteiger partial charge is 0.272 e. The minimum absolute atomic E-state index is 0.0667. The molecule has 0 unspecified atom stereocenters. The van der Waals surface area contributed by atoms with Crippen molar-refractivity contribution in [3.63, 3.8) is 0 Å². The molecule has 1 aliphatic rings. The number of likely N-dealkylation sites (N-methyl/N-ethyl adjacent to an activating group) is 1. The van der Waals surface area contributed by atoms with E-state index in [2.05, 4.69) is 32.4 Å². The molecule has 8 heteroatoms. The highest BCUT2D eigenvalue weighted by Gasteiger charge is 2.22. The summed E-state index contributed by atoms with van der Waals surface area (Å²) in [7, 11) is 2.05. The van der Waals surface area contributed by atoms with Gasteiger partial charge in [-0.3, -0.25) is 4.79 Å². The lowest BCUT2D eigenvalue weighted by Gasteiger charge is -2.32. The van der Waals surface area contributed by atoms with Crippen LogP contribution in [0.4, 0.5) is 11.8 Å². The van der Waals surface area contributed by atoms with E-state index in [0.717, 1.165) is 18.8 Å². The lowest BCUT2D eigenvalue weighted by molar-refractivity contribution is 0.0658. The number of hydrogen-bond donors (Lipinski definition) is 1. The van der Waals surface area contributed by atoms with Crippen molar-refractivity contribution in [2.24, 2.45) is 0 Å². The number of aromatic nitrogens is 3. The van der Waals surface area contributed by atoms with Crippen molar-refractivity contribution in [1.29, 1.82) is 0 Å². The van der Waals surface area contributed by atoms with Gasteiger partial charge in [0, 0.05) is 37.9 Å². The van der Waals surface area contributed by atoms with Gasteiger partial charge in [0.2, 0.25) is 5.95 Å². The standard InChI is InChI=1S/C15H20N6O2/c1-10-8-12(14(22)21-6-4-20(3)5-7-21)17-15(16-10)18-13-9-11(2)23-19-13/h8-9H,4-7H2,1-3H3,(H,16,17,18,19). The minimum Gasteiger partial charge on any atom is -0.360 e. The van der Waals surface area contributed by atoms with Crippen LogP contribution in [0.1, 0.15) is 21.9 Å². The molecule has 1 amide bonds. The van der Waals surface area contributed by atoms with E-state index in [1.807, 2.05) is 11.8 Å². The van der Waals surface area contributed by atoms with Crippen molar-refractivity contribution < 1.29 is 9.32 Å². The molecule has 0 aromatic carbocycles. The molecule has 2 aromatic rings. The second-order valence-electron chi connectivity index (χ2n) is 5.76. The van der Waals surface area contributed by atoms with Gasteiger partial charge in [0.25, 0.3) is 5.91 Å². The third kappa shape index (κ3) is 3.65. The number of rotatable bonds is 3. The lowest BCUT2D eigenvalue weighted by atomic mass is 10.2. The van der Waals surface area contributed by atoms with Crippen LogP contribution in [-0.4, -0.2) is 64.1 Å². The third-order valence-corrected chi connectivity index (χ3v) is 3.73. The maximum Gasteiger partial charge on any atom is 0.272 e. The SMILES string of the molecule is Cc1cc(C(=O)N2CCN(C)CC2)nc(Nc2cc(C)on2)n1. The molecule has 122 valence electrons. The predicted molar refractivity (Wildman–Crippen MR) is 84.7 cm³/mol. The van der Waals surface area contributed by atoms with E-state index in [9.17, 15) is 4.79 Å². The summed E-state index contributed by atoms with van der Waals surface area (Å²) in [6, 6.07) is 3.45. The molecule has 1 N–H and O–H groups in total. The van der Waals surface area contributed by atoms with Crippen LogP contribution < -0.4 is 5.32 Å². The van der Waals surface area contributed by atoms with Gasteiger partial charge in [-0.15, -0.1) is 0 Å². The molecule has 2 aromatic heterocycles. The van der Waals surface area contributed by atoms with E-state index in [1.165, 1.54) is 0 Å². The molecule has 3 heterocycles. The molecule has 0 saturated carbocycles. The fourth-order valence-corrected chi connectivity index (χ4v) is 2.45. The van der Waals surface area contributed by atoms with Crippen LogP contribution >= 0.6 is 0 Å². The first-order chi connectivity index (χ1) is 11.0. The van der Waals surface area contributed by atoms with Crippen molar-refractivity contribution in [1.82, 2.24) is 24.9 Å². The van der Waals surface area contributed by atoms with E-state index >= 15 is 0 Å². The minimum atomic E-state index is -0.0667. The largest absolute Gasteiger partial charge is 0.360 e. The summed E-state index contributed by atoms with van der Waals surface area (Å²) < 4.78 is 5.00. The van der Waals surface area contributed by atoms with Gasteiger partial charge < -0.3 is 19.6 Å². The number of aryl methyl sites for hydroxylation is 2. The highest BCUT2D eigenvalue weighted by Crippen LogP contribution is 2.15. The number of amides is 1. The van der Waals surface area contributed by atoms with Gasteiger partial charge in [0.15, 0.2) is 5.82 Å². The Kier molecular flexibility index (Phi) is 4.24. The monoisotopic (exact) mass is 316 g/mol. The van der Waals surface area contributed by atoms with Crippen LogP contribution in [0.25, 0.3) is 0 Å². The molecule has 23 heavy (non-hydrogen) atoms. The predicted octanol–water partition coefficient (Wildman–Crippen LogP) is 1.21. The molecule has 0 atom stereocenters. The summed E-state index contributed by atoms with van der Waals surface area (Å²) in [6.07, 6.45) is 0. The zero-order chi connectivity index (χ0) is 16.4. The number of anilines is 2. The Morgan fingerprint density at radius 3 is 2.57 bits per heavy atom. The van der Waals surface area contributed by atoms with E-state index in [-0.39, 0.29) is 5.91 Å². The van der Waals surface area contributed by atoms with Gasteiger partial charge in [0.05, 0.1) is 0 Å². The Labute approximate surface area is 134 Å². The van der Waals surface area contributed by atoms with Crippen LogP contribution in [-0.2, 0) is 0 Å². The Hall–Kier alpha value is -2.48. The van der Waals surface area contributed by atoms with Crippen molar-refractivity contribution in [3.05, 3.63) is 29.3 Å². The molecule has 0 aliphatic carbocycles. The van der Waals surface area contributed by atoms with Crippen molar-refractivity contribution in [2.45, 2.75) is 13.8 Å². The maximum absolute atomic E-state index is 12.6. The average Bonchev–Trinajstić information content (AvgIpc) is 2.92. The number of nitrogens with zero attached hydrogens (tertiary/aromatic N) is 5. The summed E-state index contributed by atoms with van der Waals surface area (Å²) in [4.78, 5) is 25.3. The van der Waals surface area contributed by atoms with Crippen LogP contribution in [0.3, 0.4) is 0 Å². The zero-order valence-corrected chi connectivity index (χ0v) is 13.5. The number of piperazine rings is 1. The van der Waals surface area contributed by atoms with Gasteiger partial charge in [-0.1, -0.05) is 5.16 Å². The summed E-state index contributed by atoms with van der Waals surface area (Å²) in [5.41, 5.74) is 1.12. The topological polar surface area (TPSA) is 87.4 Å². The summed E-state index contributed by atoms with van der Waals surface area (Å²) >= 11 is 0. The molecule has 1 saturated heterocycles. The van der Waals surface area contributed by atoms with Gasteiger partial charge in [-0.25, -0.2) is 9.97 Å². The molecular formula is C15H20N6O2. The molecular weight excluding hydrogens is 296 g/mol. The maximum atomic E-state index is 12.6. The number of carbonyl (C=O) groups excluding carboxylic acids is 1. The fraction of sp³-hybridized carbons (Fsp3) is 0.467. The first kappa shape index (κ1) is 15.4. The zero-order valence-electron chi connectivity index (χ0n) is 13.5. The first-order valence-electron chi connectivity index (χ1n) is 7.55. The van der Waals surface area contributed by atoms with Gasteiger partial charge >= 0.3 is 0 Å². The third-order valence-electron chi connectivity index (χ3n) is 3.73. The van der Waals surface area contributed by atoms with E-state index in [0.29, 0.717) is 36.3 Å². The summed E-state index contributed by atoms with van der Waals surface area (Å²) in [5, 5.41) is 6.81. The molecule has 1 aliphatic heterocycles. The van der Waals surface area contributed by atoms with Gasteiger partial charge in [-0.2, -0.15) is 0 Å². The Bertz CT molecular complexity index is 706. The second-order valence-corrected chi connectivity index (χ2v) is 5.76. The van der Waals surface area contributed by atoms with Gasteiger partial charge in [0.1, 0.15) is 11.5 Å². The van der Waals surface area contributed by atoms with E-state index < -0.39 is 0 Å². The summed E-state index contributed by atoms with van der Waals surface area (Å²) in [5.74, 6) is 1.48. The number of nitrogens with one attached hydrogen (secondary N) is 1. The molecule has 0 radical (unpaired) electrons. The van der Waals surface area contributed by atoms with Crippen LogP contribution in [0, 0.1) is 13.8 Å². The quantitative estimate of drug-likeness (QED) is 0.910. The van der Waals surface area contributed by atoms with E-state index in [4.69, 9.17) is 4.52 Å². The Balaban J connectivity index is 1.78. The molecule has 0 spiro atoms. The molecule has 0 bridgehead atoms. The summed E-state index contributed by atoms with van der Waals surface area (Å²) in [6.45, 7) is 6.81. The first-order valence-corrected chi connectivity index (χ1v) is 7.55. The number of carbonyl (C=O) groups is 1. The van der Waals surface area contributed by atoms with Crippen LogP contribution in [0.15, 0.2) is 16.7 Å². The van der Waals surface area contributed by atoms with Gasteiger partial charge in [-0.05, 0) is 27.0 Å². The molecule has 8 nitrogen and oxygen atoms in total. The Morgan fingerprint density at radius 2 is 1.91 bits per heavy atom. The highest BCUT2D eigenvalue weighted by atomic mass is 16.5. The van der Waals surface area contributed by atoms with Crippen molar-refractivity contribution >= 4 is 17.7 Å². The normalized spacial score (nSPS) is 15.7. The van der Waals surface area contributed by atoms with E-state index in [1.54, 1.807) is 19.1 Å². The van der Waals surface area contributed by atoms with Crippen molar-refractivity contribution in [2.75, 3.05) is 38.5 Å². The molecule has 1 fully saturated rings.